The summed E-state index contributed by atoms with van der Waals surface area (Å²) in [5, 5.41) is 9.29. The topological polar surface area (TPSA) is 87.9 Å². The Hall–Kier alpha value is -2.87. The van der Waals surface area contributed by atoms with E-state index in [1.807, 2.05) is 29.2 Å². The van der Waals surface area contributed by atoms with E-state index < -0.39 is 5.41 Å². The van der Waals surface area contributed by atoms with Gasteiger partial charge in [-0.15, -0.1) is 0 Å². The van der Waals surface area contributed by atoms with Crippen molar-refractivity contribution < 1.29 is 19.4 Å². The summed E-state index contributed by atoms with van der Waals surface area (Å²) in [6.45, 7) is 2.16. The van der Waals surface area contributed by atoms with E-state index in [1.165, 1.54) is 17.8 Å². The summed E-state index contributed by atoms with van der Waals surface area (Å²) in [5.41, 5.74) is 3.70. The summed E-state index contributed by atoms with van der Waals surface area (Å²) < 4.78 is 8.01. The lowest BCUT2D eigenvalue weighted by atomic mass is 9.75. The van der Waals surface area contributed by atoms with Gasteiger partial charge in [0.15, 0.2) is 0 Å². The molecule has 0 radical (unpaired) electrons. The van der Waals surface area contributed by atoms with Gasteiger partial charge in [0.2, 0.25) is 5.91 Å². The van der Waals surface area contributed by atoms with Crippen molar-refractivity contribution in [1.82, 2.24) is 14.5 Å². The Balaban J connectivity index is 1.24. The Morgan fingerprint density at radius 2 is 1.86 bits per heavy atom. The van der Waals surface area contributed by atoms with Gasteiger partial charge in [-0.3, -0.25) is 4.79 Å². The minimum Gasteiger partial charge on any atom is -0.446 e. The van der Waals surface area contributed by atoms with Gasteiger partial charge in [-0.1, -0.05) is 18.2 Å². The lowest BCUT2D eigenvalue weighted by molar-refractivity contribution is -0.128. The Morgan fingerprint density at radius 1 is 1.08 bits per heavy atom. The van der Waals surface area contributed by atoms with Crippen LogP contribution < -0.4 is 4.90 Å². The third-order valence-corrected chi connectivity index (χ3v) is 8.52. The summed E-state index contributed by atoms with van der Waals surface area (Å²) in [6.07, 6.45) is 9.81. The number of unbranched alkanes of at least 4 members (excludes halogenated alkanes) is 1. The molecular weight excluding hydrogens is 456 g/mol. The first kappa shape index (κ1) is 23.5. The maximum atomic E-state index is 14.0. The average Bonchev–Trinajstić information content (AvgIpc) is 3.55. The Morgan fingerprint density at radius 3 is 2.67 bits per heavy atom. The van der Waals surface area contributed by atoms with Gasteiger partial charge in [-0.2, -0.15) is 0 Å². The highest BCUT2D eigenvalue weighted by Crippen LogP contribution is 2.48. The molecule has 4 aliphatic rings. The molecule has 2 amide bonds. The highest BCUT2D eigenvalue weighted by molar-refractivity contribution is 6.09. The molecule has 6 rings (SSSR count). The number of ether oxygens (including phenoxy) is 1. The fourth-order valence-electron chi connectivity index (χ4n) is 6.58. The highest BCUT2D eigenvalue weighted by atomic mass is 16.6. The molecule has 2 aromatic rings. The van der Waals surface area contributed by atoms with E-state index in [1.54, 1.807) is 4.90 Å². The number of aliphatic hydroxyl groups excluding tert-OH is 1. The van der Waals surface area contributed by atoms with Gasteiger partial charge >= 0.3 is 6.09 Å². The number of carbonyl (C=O) groups excluding carboxylic acids is 2. The molecular formula is C28H36N4O4. The molecule has 1 N–H and O–H groups in total. The molecule has 2 aliphatic heterocycles. The van der Waals surface area contributed by atoms with Crippen LogP contribution in [0.2, 0.25) is 0 Å². The van der Waals surface area contributed by atoms with Crippen LogP contribution in [-0.4, -0.2) is 57.4 Å². The number of rotatable bonds is 7. The molecule has 0 unspecified atom stereocenters. The van der Waals surface area contributed by atoms with Crippen molar-refractivity contribution in [3.05, 3.63) is 47.0 Å². The molecule has 1 aromatic heterocycles. The van der Waals surface area contributed by atoms with Crippen LogP contribution in [0.15, 0.2) is 24.3 Å². The van der Waals surface area contributed by atoms with Gasteiger partial charge < -0.3 is 24.2 Å². The first-order valence-electron chi connectivity index (χ1n) is 13.7. The lowest BCUT2D eigenvalue weighted by Gasteiger charge is -2.46. The Bertz CT molecular complexity index is 1150. The van der Waals surface area contributed by atoms with Gasteiger partial charge in [0.05, 0.1) is 12.2 Å². The normalized spacial score (nSPS) is 20.5. The van der Waals surface area contributed by atoms with Crippen molar-refractivity contribution in [2.24, 2.45) is 0 Å². The van der Waals surface area contributed by atoms with Crippen LogP contribution >= 0.6 is 0 Å². The van der Waals surface area contributed by atoms with E-state index in [9.17, 15) is 14.7 Å². The second kappa shape index (κ2) is 9.54. The number of anilines is 1. The number of fused-ring (bicyclic) bond motifs is 3. The number of benzene rings is 1. The largest absolute Gasteiger partial charge is 0.446 e. The van der Waals surface area contributed by atoms with Crippen LogP contribution in [0, 0.1) is 0 Å². The van der Waals surface area contributed by atoms with E-state index in [0.717, 1.165) is 81.4 Å². The van der Waals surface area contributed by atoms with Crippen molar-refractivity contribution in [3.63, 3.8) is 0 Å². The van der Waals surface area contributed by atoms with E-state index >= 15 is 0 Å². The van der Waals surface area contributed by atoms with Crippen molar-refractivity contribution in [1.29, 1.82) is 0 Å². The van der Waals surface area contributed by atoms with Crippen LogP contribution in [0.5, 0.6) is 0 Å². The first-order valence-corrected chi connectivity index (χ1v) is 13.7. The zero-order valence-corrected chi connectivity index (χ0v) is 21.0. The molecule has 8 nitrogen and oxygen atoms in total. The SMILES string of the molecule is O=C(OC1CCCC1)N1CC2(C1)C(=O)N(Cc1nc3c(n1CCCCO)CCCC3)c1ccccc12. The Labute approximate surface area is 212 Å². The second-order valence-electron chi connectivity index (χ2n) is 10.8. The summed E-state index contributed by atoms with van der Waals surface area (Å²) in [6, 6.07) is 8.00. The van der Waals surface area contributed by atoms with Crippen LogP contribution in [0.3, 0.4) is 0 Å². The third kappa shape index (κ3) is 3.90. The summed E-state index contributed by atoms with van der Waals surface area (Å²) in [5.74, 6) is 0.980. The number of amides is 2. The second-order valence-corrected chi connectivity index (χ2v) is 10.8. The first-order chi connectivity index (χ1) is 17.6. The molecule has 1 aromatic carbocycles. The summed E-state index contributed by atoms with van der Waals surface area (Å²) in [7, 11) is 0. The maximum absolute atomic E-state index is 14.0. The molecule has 0 atom stereocenters. The van der Waals surface area contributed by atoms with Crippen molar-refractivity contribution in [3.8, 4) is 0 Å². The third-order valence-electron chi connectivity index (χ3n) is 8.52. The van der Waals surface area contributed by atoms with Crippen LogP contribution in [0.25, 0.3) is 0 Å². The fourth-order valence-corrected chi connectivity index (χ4v) is 6.58. The maximum Gasteiger partial charge on any atom is 0.410 e. The zero-order chi connectivity index (χ0) is 24.7. The number of hydrogen-bond acceptors (Lipinski definition) is 5. The van der Waals surface area contributed by atoms with Gasteiger partial charge in [0, 0.05) is 37.6 Å². The molecule has 1 saturated carbocycles. The lowest BCUT2D eigenvalue weighted by Crippen LogP contribution is -2.65. The van der Waals surface area contributed by atoms with Crippen LogP contribution in [-0.2, 0) is 40.9 Å². The number of aryl methyl sites for hydroxylation is 1. The van der Waals surface area contributed by atoms with Gasteiger partial charge in [-0.25, -0.2) is 9.78 Å². The predicted octanol–water partition coefficient (Wildman–Crippen LogP) is 3.71. The monoisotopic (exact) mass is 492 g/mol. The minimum atomic E-state index is -0.695. The Kier molecular flexibility index (Phi) is 6.23. The molecule has 2 fully saturated rings. The molecule has 1 spiro atoms. The quantitative estimate of drug-likeness (QED) is 0.596. The number of likely N-dealkylation sites (tertiary alicyclic amines) is 1. The van der Waals surface area contributed by atoms with Gasteiger partial charge in [0.1, 0.15) is 17.3 Å². The fraction of sp³-hybridized carbons (Fsp3) is 0.607. The average molecular weight is 493 g/mol. The minimum absolute atomic E-state index is 0.0211. The standard InChI is InChI=1S/C28H36N4O4/c33-16-8-7-15-31-24-14-6-4-12-22(24)29-25(31)17-32-23-13-5-3-11-21(23)28(26(32)34)18-30(19-28)27(35)36-20-9-1-2-10-20/h3,5,11,13,20,33H,1-2,4,6-10,12,14-19H2. The molecule has 3 heterocycles. The number of carbonyl (C=O) groups is 2. The summed E-state index contributed by atoms with van der Waals surface area (Å²) >= 11 is 0. The van der Waals surface area contributed by atoms with Crippen LogP contribution in [0.4, 0.5) is 10.5 Å². The number of aliphatic hydroxyl groups is 1. The molecule has 2 aliphatic carbocycles. The molecule has 1 saturated heterocycles. The van der Waals surface area contributed by atoms with E-state index in [4.69, 9.17) is 9.72 Å². The van der Waals surface area contributed by atoms with E-state index in [0.29, 0.717) is 19.6 Å². The highest BCUT2D eigenvalue weighted by Gasteiger charge is 2.59. The smallest absolute Gasteiger partial charge is 0.410 e. The number of imidazole rings is 1. The molecule has 36 heavy (non-hydrogen) atoms. The molecule has 8 heteroatoms. The zero-order valence-electron chi connectivity index (χ0n) is 21.0. The van der Waals surface area contributed by atoms with Crippen molar-refractivity contribution in [2.75, 3.05) is 24.6 Å². The van der Waals surface area contributed by atoms with E-state index in [-0.39, 0.29) is 24.7 Å². The van der Waals surface area contributed by atoms with Gasteiger partial charge in [0.25, 0.3) is 0 Å². The van der Waals surface area contributed by atoms with E-state index in [2.05, 4.69) is 4.57 Å². The number of hydrogen-bond donors (Lipinski definition) is 1. The number of para-hydroxylation sites is 1. The van der Waals surface area contributed by atoms with Gasteiger partial charge in [-0.05, 0) is 75.8 Å². The van der Waals surface area contributed by atoms with Crippen LogP contribution in [0.1, 0.15) is 74.1 Å². The number of nitrogens with zero attached hydrogens (tertiary/aromatic N) is 4. The summed E-state index contributed by atoms with van der Waals surface area (Å²) in [4.78, 5) is 35.3. The number of aromatic nitrogens is 2. The van der Waals surface area contributed by atoms with Crippen molar-refractivity contribution in [2.45, 2.75) is 88.8 Å². The predicted molar refractivity (Wildman–Crippen MR) is 135 cm³/mol. The molecule has 0 bridgehead atoms. The molecule has 192 valence electrons. The van der Waals surface area contributed by atoms with Crippen molar-refractivity contribution >= 4 is 17.7 Å².